The quantitative estimate of drug-likeness (QED) is 0.414. The molecule has 3 heterocycles. The van der Waals surface area contributed by atoms with Crippen LogP contribution in [0.25, 0.3) is 11.1 Å². The number of nitrogens with zero attached hydrogens (tertiary/aromatic N) is 3. The standard InChI is InChI=1S/C25H30N4S/c1-18-8-9-21-19(15-18)16-22-24(21)25(26-10-6-13-29-11-3-2-4-12-29)28-23(27-22)17-20-7-5-14-30-20/h5,7-9,14-15H,2-4,6,10-13,16-17H2,1H3,(H,26,27,28). The van der Waals surface area contributed by atoms with Crippen LogP contribution in [0.3, 0.4) is 0 Å². The van der Waals surface area contributed by atoms with Crippen LogP contribution in [0.4, 0.5) is 5.82 Å². The van der Waals surface area contributed by atoms with Crippen LogP contribution in [0.15, 0.2) is 35.7 Å². The molecule has 0 atom stereocenters. The van der Waals surface area contributed by atoms with Gasteiger partial charge in [0.1, 0.15) is 11.6 Å². The van der Waals surface area contributed by atoms with Crippen molar-refractivity contribution in [3.05, 3.63) is 63.2 Å². The number of hydrogen-bond acceptors (Lipinski definition) is 5. The van der Waals surface area contributed by atoms with E-state index in [0.29, 0.717) is 0 Å². The molecule has 0 unspecified atom stereocenters. The number of anilines is 1. The molecule has 156 valence electrons. The third-order valence-electron chi connectivity index (χ3n) is 6.22. The highest BCUT2D eigenvalue weighted by atomic mass is 32.1. The van der Waals surface area contributed by atoms with Gasteiger partial charge in [0.2, 0.25) is 0 Å². The maximum atomic E-state index is 5.00. The molecule has 2 aliphatic rings. The van der Waals surface area contributed by atoms with Crippen molar-refractivity contribution in [1.29, 1.82) is 0 Å². The van der Waals surface area contributed by atoms with E-state index in [1.807, 2.05) is 0 Å². The van der Waals surface area contributed by atoms with E-state index in [4.69, 9.17) is 9.97 Å². The monoisotopic (exact) mass is 418 g/mol. The van der Waals surface area contributed by atoms with Gasteiger partial charge in [0.25, 0.3) is 0 Å². The second kappa shape index (κ2) is 8.86. The number of benzene rings is 1. The first-order valence-electron chi connectivity index (χ1n) is 11.2. The number of fused-ring (bicyclic) bond motifs is 3. The van der Waals surface area contributed by atoms with Crippen molar-refractivity contribution in [2.45, 2.75) is 45.4 Å². The fourth-order valence-electron chi connectivity index (χ4n) is 4.73. The lowest BCUT2D eigenvalue weighted by molar-refractivity contribution is 0.228. The molecule has 4 nitrogen and oxygen atoms in total. The largest absolute Gasteiger partial charge is 0.369 e. The lowest BCUT2D eigenvalue weighted by Crippen LogP contribution is -2.31. The molecule has 0 radical (unpaired) electrons. The van der Waals surface area contributed by atoms with Crippen molar-refractivity contribution < 1.29 is 0 Å². The minimum Gasteiger partial charge on any atom is -0.369 e. The molecule has 1 saturated heterocycles. The number of nitrogens with one attached hydrogen (secondary N) is 1. The van der Waals surface area contributed by atoms with Gasteiger partial charge >= 0.3 is 0 Å². The number of hydrogen-bond donors (Lipinski definition) is 1. The molecule has 0 saturated carbocycles. The molecular weight excluding hydrogens is 388 g/mol. The topological polar surface area (TPSA) is 41.1 Å². The highest BCUT2D eigenvalue weighted by molar-refractivity contribution is 7.09. The van der Waals surface area contributed by atoms with Crippen molar-refractivity contribution in [1.82, 2.24) is 14.9 Å². The molecule has 0 spiro atoms. The number of aromatic nitrogens is 2. The zero-order valence-electron chi connectivity index (χ0n) is 17.8. The Morgan fingerprint density at radius 3 is 2.83 bits per heavy atom. The Balaban J connectivity index is 1.36. The van der Waals surface area contributed by atoms with Gasteiger partial charge in [0.05, 0.1) is 5.69 Å². The van der Waals surface area contributed by atoms with E-state index in [2.05, 4.69) is 52.9 Å². The van der Waals surface area contributed by atoms with Crippen LogP contribution >= 0.6 is 11.3 Å². The van der Waals surface area contributed by atoms with Crippen molar-refractivity contribution >= 4 is 17.2 Å². The first-order chi connectivity index (χ1) is 14.8. The molecule has 1 aliphatic heterocycles. The van der Waals surface area contributed by atoms with Crippen molar-refractivity contribution in [3.63, 3.8) is 0 Å². The molecule has 0 amide bonds. The van der Waals surface area contributed by atoms with E-state index in [-0.39, 0.29) is 0 Å². The van der Waals surface area contributed by atoms with Crippen LogP contribution in [0.5, 0.6) is 0 Å². The fourth-order valence-corrected chi connectivity index (χ4v) is 5.43. The van der Waals surface area contributed by atoms with Gasteiger partial charge in [0.15, 0.2) is 0 Å². The Morgan fingerprint density at radius 2 is 2.00 bits per heavy atom. The lowest BCUT2D eigenvalue weighted by Gasteiger charge is -2.26. The van der Waals surface area contributed by atoms with E-state index >= 15 is 0 Å². The van der Waals surface area contributed by atoms with Gasteiger partial charge in [-0.25, -0.2) is 9.97 Å². The number of thiophene rings is 1. The van der Waals surface area contributed by atoms with Gasteiger partial charge < -0.3 is 10.2 Å². The minimum atomic E-state index is 0.808. The summed E-state index contributed by atoms with van der Waals surface area (Å²) in [5, 5.41) is 5.81. The molecule has 5 heteroatoms. The number of likely N-dealkylation sites (tertiary alicyclic amines) is 1. The predicted molar refractivity (Wildman–Crippen MR) is 126 cm³/mol. The Hall–Kier alpha value is -2.24. The molecule has 1 fully saturated rings. The van der Waals surface area contributed by atoms with Crippen LogP contribution in [0.2, 0.25) is 0 Å². The molecule has 2 aromatic heterocycles. The number of piperidine rings is 1. The summed E-state index contributed by atoms with van der Waals surface area (Å²) in [7, 11) is 0. The van der Waals surface area contributed by atoms with Crippen LogP contribution in [-0.2, 0) is 12.8 Å². The zero-order valence-corrected chi connectivity index (χ0v) is 18.6. The summed E-state index contributed by atoms with van der Waals surface area (Å²) in [5.74, 6) is 1.95. The van der Waals surface area contributed by atoms with E-state index in [0.717, 1.165) is 37.4 Å². The zero-order chi connectivity index (χ0) is 20.3. The van der Waals surface area contributed by atoms with Gasteiger partial charge in [-0.2, -0.15) is 0 Å². The van der Waals surface area contributed by atoms with Gasteiger partial charge in [-0.1, -0.05) is 36.2 Å². The number of rotatable bonds is 7. The summed E-state index contributed by atoms with van der Waals surface area (Å²) in [6.07, 6.45) is 6.98. The predicted octanol–water partition coefficient (Wildman–Crippen LogP) is 5.30. The molecule has 1 aliphatic carbocycles. The summed E-state index contributed by atoms with van der Waals surface area (Å²) in [5.41, 5.74) is 6.39. The van der Waals surface area contributed by atoms with Crippen molar-refractivity contribution in [2.24, 2.45) is 0 Å². The second-order valence-electron chi connectivity index (χ2n) is 8.59. The van der Waals surface area contributed by atoms with Crippen LogP contribution in [-0.4, -0.2) is 41.0 Å². The molecule has 0 bridgehead atoms. The third kappa shape index (κ3) is 4.28. The lowest BCUT2D eigenvalue weighted by atomic mass is 10.0. The van der Waals surface area contributed by atoms with Crippen molar-refractivity contribution in [2.75, 3.05) is 31.5 Å². The Morgan fingerprint density at radius 1 is 1.10 bits per heavy atom. The summed E-state index contributed by atoms with van der Waals surface area (Å²) >= 11 is 1.78. The van der Waals surface area contributed by atoms with Gasteiger partial charge in [-0.15, -0.1) is 11.3 Å². The average Bonchev–Trinajstić information content (AvgIpc) is 3.38. The van der Waals surface area contributed by atoms with Gasteiger partial charge in [-0.3, -0.25) is 0 Å². The molecule has 1 aromatic carbocycles. The first kappa shape index (κ1) is 19.7. The molecular formula is C25H30N4S. The Bertz CT molecular complexity index is 1010. The van der Waals surface area contributed by atoms with E-state index in [9.17, 15) is 0 Å². The maximum absolute atomic E-state index is 5.00. The van der Waals surface area contributed by atoms with Crippen molar-refractivity contribution in [3.8, 4) is 11.1 Å². The van der Waals surface area contributed by atoms with Crippen LogP contribution in [0.1, 0.15) is 53.2 Å². The van der Waals surface area contributed by atoms with Crippen LogP contribution in [0, 0.1) is 6.92 Å². The molecule has 1 N–H and O–H groups in total. The summed E-state index contributed by atoms with van der Waals surface area (Å²) in [6, 6.07) is 11.0. The third-order valence-corrected chi connectivity index (χ3v) is 7.10. The smallest absolute Gasteiger partial charge is 0.137 e. The van der Waals surface area contributed by atoms with E-state index in [1.54, 1.807) is 11.3 Å². The van der Waals surface area contributed by atoms with E-state index in [1.165, 1.54) is 71.7 Å². The second-order valence-corrected chi connectivity index (χ2v) is 9.62. The maximum Gasteiger partial charge on any atom is 0.137 e. The minimum absolute atomic E-state index is 0.808. The normalized spacial score (nSPS) is 15.8. The molecule has 5 rings (SSSR count). The number of aryl methyl sites for hydroxylation is 1. The summed E-state index contributed by atoms with van der Waals surface area (Å²) < 4.78 is 0. The molecule has 3 aromatic rings. The van der Waals surface area contributed by atoms with Gasteiger partial charge in [-0.05, 0) is 68.4 Å². The Labute approximate surface area is 183 Å². The summed E-state index contributed by atoms with van der Waals surface area (Å²) in [4.78, 5) is 13.9. The fraction of sp³-hybridized carbons (Fsp3) is 0.440. The summed E-state index contributed by atoms with van der Waals surface area (Å²) in [6.45, 7) is 6.83. The average molecular weight is 419 g/mol. The SMILES string of the molecule is Cc1ccc2c(c1)Cc1nc(Cc3cccs3)nc(NCCCN3CCCCC3)c1-2. The van der Waals surface area contributed by atoms with E-state index < -0.39 is 0 Å². The van der Waals surface area contributed by atoms with Crippen LogP contribution < -0.4 is 5.32 Å². The molecule has 30 heavy (non-hydrogen) atoms. The highest BCUT2D eigenvalue weighted by Gasteiger charge is 2.25. The Kier molecular flexibility index (Phi) is 5.82. The first-order valence-corrected chi connectivity index (χ1v) is 12.1. The van der Waals surface area contributed by atoms with Gasteiger partial charge in [0, 0.05) is 29.8 Å². The highest BCUT2D eigenvalue weighted by Crippen LogP contribution is 2.40.